The molecule has 0 unspecified atom stereocenters. The first-order valence-electron chi connectivity index (χ1n) is 7.84. The highest BCUT2D eigenvalue weighted by Gasteiger charge is 2.60. The Balaban J connectivity index is 1.59. The molecule has 4 nitrogen and oxygen atoms in total. The molecule has 3 aliphatic rings. The lowest BCUT2D eigenvalue weighted by atomic mass is 9.68. The van der Waals surface area contributed by atoms with Crippen LogP contribution in [0.25, 0.3) is 0 Å². The summed E-state index contributed by atoms with van der Waals surface area (Å²) in [6, 6.07) is 5.52. The molecule has 116 valence electrons. The van der Waals surface area contributed by atoms with Gasteiger partial charge >= 0.3 is 0 Å². The number of anilines is 1. The quantitative estimate of drug-likeness (QED) is 0.846. The summed E-state index contributed by atoms with van der Waals surface area (Å²) < 4.78 is 10.7. The van der Waals surface area contributed by atoms with E-state index in [1.165, 1.54) is 0 Å². The maximum absolute atomic E-state index is 12.9. The second-order valence-electron chi connectivity index (χ2n) is 7.24. The SMILES string of the molecule is C=C1C(C)(C)[C@@H]2CC[C@@]1(C(=O)Nc1ccc3c(c1)OCO3)C2. The van der Waals surface area contributed by atoms with Crippen molar-refractivity contribution in [3.63, 3.8) is 0 Å². The minimum absolute atomic E-state index is 0.0600. The van der Waals surface area contributed by atoms with E-state index in [2.05, 4.69) is 25.7 Å². The first-order chi connectivity index (χ1) is 10.4. The third kappa shape index (κ3) is 1.67. The molecule has 1 aromatic rings. The van der Waals surface area contributed by atoms with Gasteiger partial charge in [0.15, 0.2) is 11.5 Å². The zero-order chi connectivity index (χ0) is 15.5. The molecule has 1 heterocycles. The molecule has 22 heavy (non-hydrogen) atoms. The first kappa shape index (κ1) is 13.7. The lowest BCUT2D eigenvalue weighted by Crippen LogP contribution is -2.37. The van der Waals surface area contributed by atoms with Crippen LogP contribution >= 0.6 is 0 Å². The average Bonchev–Trinajstić information content (AvgIpc) is 3.16. The number of rotatable bonds is 2. The second-order valence-corrected chi connectivity index (χ2v) is 7.24. The molecule has 2 aliphatic carbocycles. The predicted octanol–water partition coefficient (Wildman–Crippen LogP) is 3.74. The molecule has 4 rings (SSSR count). The molecular formula is C18H21NO3. The average molecular weight is 299 g/mol. The number of carbonyl (C=O) groups is 1. The molecule has 1 aromatic carbocycles. The number of hydrogen-bond donors (Lipinski definition) is 1. The molecule has 2 saturated carbocycles. The van der Waals surface area contributed by atoms with Gasteiger partial charge in [-0.3, -0.25) is 4.79 Å². The number of fused-ring (bicyclic) bond motifs is 3. The van der Waals surface area contributed by atoms with E-state index in [-0.39, 0.29) is 18.1 Å². The van der Waals surface area contributed by atoms with Crippen molar-refractivity contribution in [2.45, 2.75) is 33.1 Å². The fraction of sp³-hybridized carbons (Fsp3) is 0.500. The highest BCUT2D eigenvalue weighted by atomic mass is 16.7. The van der Waals surface area contributed by atoms with Crippen LogP contribution in [0, 0.1) is 16.7 Å². The lowest BCUT2D eigenvalue weighted by Gasteiger charge is -2.37. The molecule has 1 amide bonds. The van der Waals surface area contributed by atoms with Gasteiger partial charge in [0.25, 0.3) is 0 Å². The summed E-state index contributed by atoms with van der Waals surface area (Å²) in [4.78, 5) is 12.9. The van der Waals surface area contributed by atoms with Gasteiger partial charge in [-0.15, -0.1) is 0 Å². The van der Waals surface area contributed by atoms with Crippen LogP contribution in [0.15, 0.2) is 30.4 Å². The highest BCUT2D eigenvalue weighted by Crippen LogP contribution is 2.65. The highest BCUT2D eigenvalue weighted by molar-refractivity contribution is 5.98. The molecule has 0 radical (unpaired) electrons. The zero-order valence-corrected chi connectivity index (χ0v) is 13.1. The van der Waals surface area contributed by atoms with E-state index < -0.39 is 5.41 Å². The molecule has 1 N–H and O–H groups in total. The monoisotopic (exact) mass is 299 g/mol. The molecular weight excluding hydrogens is 278 g/mol. The van der Waals surface area contributed by atoms with Crippen molar-refractivity contribution in [1.82, 2.24) is 0 Å². The Morgan fingerprint density at radius 1 is 1.32 bits per heavy atom. The Hall–Kier alpha value is -1.97. The maximum Gasteiger partial charge on any atom is 0.234 e. The van der Waals surface area contributed by atoms with E-state index in [1.54, 1.807) is 0 Å². The van der Waals surface area contributed by atoms with Gasteiger partial charge in [-0.2, -0.15) is 0 Å². The van der Waals surface area contributed by atoms with Crippen LogP contribution in [-0.4, -0.2) is 12.7 Å². The molecule has 2 fully saturated rings. The van der Waals surface area contributed by atoms with Gasteiger partial charge in [-0.25, -0.2) is 0 Å². The van der Waals surface area contributed by atoms with E-state index in [4.69, 9.17) is 9.47 Å². The molecule has 4 heteroatoms. The van der Waals surface area contributed by atoms with Gasteiger partial charge in [0.1, 0.15) is 0 Å². The zero-order valence-electron chi connectivity index (χ0n) is 13.1. The number of hydrogen-bond acceptors (Lipinski definition) is 3. The predicted molar refractivity (Wildman–Crippen MR) is 83.9 cm³/mol. The van der Waals surface area contributed by atoms with Crippen LogP contribution in [-0.2, 0) is 4.79 Å². The largest absolute Gasteiger partial charge is 0.454 e. The van der Waals surface area contributed by atoms with Gasteiger partial charge in [-0.05, 0) is 42.7 Å². The second kappa shape index (κ2) is 4.28. The van der Waals surface area contributed by atoms with E-state index in [1.807, 2.05) is 18.2 Å². The number of amides is 1. The van der Waals surface area contributed by atoms with Crippen molar-refractivity contribution in [1.29, 1.82) is 0 Å². The Morgan fingerprint density at radius 2 is 2.09 bits per heavy atom. The van der Waals surface area contributed by atoms with Crippen LogP contribution in [0.4, 0.5) is 5.69 Å². The standard InChI is InChI=1S/C18H21NO3/c1-11-17(2,3)12-6-7-18(11,9-12)16(20)19-13-4-5-14-15(8-13)22-10-21-14/h4-5,8,12H,1,6-7,9-10H2,2-3H3,(H,19,20)/t12-,18-/m1/s1. The van der Waals surface area contributed by atoms with Gasteiger partial charge in [-0.1, -0.05) is 26.0 Å². The van der Waals surface area contributed by atoms with Crippen molar-refractivity contribution in [2.75, 3.05) is 12.1 Å². The summed E-state index contributed by atoms with van der Waals surface area (Å²) in [6.07, 6.45) is 2.95. The van der Waals surface area contributed by atoms with Gasteiger partial charge < -0.3 is 14.8 Å². The molecule has 2 atom stereocenters. The third-order valence-corrected chi connectivity index (χ3v) is 5.96. The normalized spacial score (nSPS) is 30.6. The van der Waals surface area contributed by atoms with E-state index in [0.717, 1.165) is 36.3 Å². The third-order valence-electron chi connectivity index (χ3n) is 5.96. The van der Waals surface area contributed by atoms with Crippen molar-refractivity contribution in [3.05, 3.63) is 30.4 Å². The van der Waals surface area contributed by atoms with Crippen LogP contribution in [0.5, 0.6) is 11.5 Å². The van der Waals surface area contributed by atoms with E-state index in [9.17, 15) is 4.79 Å². The minimum atomic E-state index is -0.398. The maximum atomic E-state index is 12.9. The summed E-state index contributed by atoms with van der Waals surface area (Å²) in [5, 5.41) is 3.06. The summed E-state index contributed by atoms with van der Waals surface area (Å²) >= 11 is 0. The Morgan fingerprint density at radius 3 is 2.82 bits per heavy atom. The van der Waals surface area contributed by atoms with Crippen LogP contribution in [0.3, 0.4) is 0 Å². The van der Waals surface area contributed by atoms with Gasteiger partial charge in [0.05, 0.1) is 5.41 Å². The lowest BCUT2D eigenvalue weighted by molar-refractivity contribution is -0.123. The van der Waals surface area contributed by atoms with Crippen molar-refractivity contribution in [3.8, 4) is 11.5 Å². The molecule has 0 spiro atoms. The van der Waals surface area contributed by atoms with Crippen LogP contribution in [0.1, 0.15) is 33.1 Å². The van der Waals surface area contributed by atoms with E-state index in [0.29, 0.717) is 11.7 Å². The smallest absolute Gasteiger partial charge is 0.234 e. The fourth-order valence-corrected chi connectivity index (χ4v) is 4.37. The first-order valence-corrected chi connectivity index (χ1v) is 7.84. The molecule has 2 bridgehead atoms. The summed E-state index contributed by atoms with van der Waals surface area (Å²) in [5.41, 5.74) is 1.51. The Labute approximate surface area is 130 Å². The van der Waals surface area contributed by atoms with Gasteiger partial charge in [0.2, 0.25) is 12.7 Å². The summed E-state index contributed by atoms with van der Waals surface area (Å²) in [5.74, 6) is 2.06. The molecule has 1 aliphatic heterocycles. The minimum Gasteiger partial charge on any atom is -0.454 e. The number of nitrogens with one attached hydrogen (secondary N) is 1. The molecule has 0 saturated heterocycles. The Bertz CT molecular complexity index is 679. The van der Waals surface area contributed by atoms with Crippen molar-refractivity contribution in [2.24, 2.45) is 16.7 Å². The topological polar surface area (TPSA) is 47.6 Å². The fourth-order valence-electron chi connectivity index (χ4n) is 4.37. The van der Waals surface area contributed by atoms with Crippen LogP contribution in [0.2, 0.25) is 0 Å². The number of ether oxygens (including phenoxy) is 2. The van der Waals surface area contributed by atoms with Crippen molar-refractivity contribution < 1.29 is 14.3 Å². The molecule has 0 aromatic heterocycles. The van der Waals surface area contributed by atoms with Gasteiger partial charge in [0, 0.05) is 11.8 Å². The number of benzene rings is 1. The summed E-state index contributed by atoms with van der Waals surface area (Å²) in [7, 11) is 0. The van der Waals surface area contributed by atoms with Crippen LogP contribution < -0.4 is 14.8 Å². The van der Waals surface area contributed by atoms with Crippen molar-refractivity contribution >= 4 is 11.6 Å². The number of carbonyl (C=O) groups excluding carboxylic acids is 1. The Kier molecular flexibility index (Phi) is 2.66. The summed E-state index contributed by atoms with van der Waals surface area (Å²) in [6.45, 7) is 8.95. The van der Waals surface area contributed by atoms with E-state index >= 15 is 0 Å².